The summed E-state index contributed by atoms with van der Waals surface area (Å²) in [6, 6.07) is 0.567. The molecule has 10 nitrogen and oxygen atoms in total. The lowest BCUT2D eigenvalue weighted by Crippen LogP contribution is -2.45. The average Bonchev–Trinajstić information content (AvgIpc) is 3.51. The summed E-state index contributed by atoms with van der Waals surface area (Å²) in [5.41, 5.74) is 0.601. The summed E-state index contributed by atoms with van der Waals surface area (Å²) in [6.07, 6.45) is 2.32. The first-order chi connectivity index (χ1) is 18.0. The van der Waals surface area contributed by atoms with Crippen molar-refractivity contribution in [1.82, 2.24) is 19.8 Å². The van der Waals surface area contributed by atoms with Crippen LogP contribution in [0.15, 0.2) is 11.0 Å². The molecule has 208 valence electrons. The van der Waals surface area contributed by atoms with Gasteiger partial charge in [-0.25, -0.2) is 22.2 Å². The van der Waals surface area contributed by atoms with Crippen molar-refractivity contribution < 1.29 is 31.1 Å². The lowest BCUT2D eigenvalue weighted by Gasteiger charge is -2.30. The van der Waals surface area contributed by atoms with Crippen LogP contribution in [0, 0.1) is 5.92 Å². The van der Waals surface area contributed by atoms with Gasteiger partial charge in [-0.1, -0.05) is 0 Å². The number of hydrogen-bond acceptors (Lipinski definition) is 7. The highest BCUT2D eigenvalue weighted by atomic mass is 32.2. The van der Waals surface area contributed by atoms with Gasteiger partial charge in [-0.3, -0.25) is 4.79 Å². The molecule has 0 radical (unpaired) electrons. The molecule has 2 aromatic heterocycles. The molecule has 1 amide bonds. The fourth-order valence-corrected chi connectivity index (χ4v) is 8.08. The fourth-order valence-electron chi connectivity index (χ4n) is 4.57. The molecule has 16 heteroatoms. The third-order valence-corrected chi connectivity index (χ3v) is 9.90. The summed E-state index contributed by atoms with van der Waals surface area (Å²) in [7, 11) is -2.48. The number of amides is 1. The number of nitrogens with zero attached hydrogens (tertiary/aromatic N) is 2. The van der Waals surface area contributed by atoms with Crippen LogP contribution < -0.4 is 25.4 Å². The molecule has 0 bridgehead atoms. The van der Waals surface area contributed by atoms with Crippen LogP contribution in [0.25, 0.3) is 0 Å². The van der Waals surface area contributed by atoms with Crippen molar-refractivity contribution in [3.63, 3.8) is 0 Å². The third-order valence-electron chi connectivity index (χ3n) is 6.71. The first kappa shape index (κ1) is 27.1. The molecule has 0 aliphatic heterocycles. The Morgan fingerprint density at radius 1 is 1.24 bits per heavy atom. The minimum atomic E-state index is -4.02. The lowest BCUT2D eigenvalue weighted by molar-refractivity contribution is -0.117. The summed E-state index contributed by atoms with van der Waals surface area (Å²) >= 11 is 6.66. The van der Waals surface area contributed by atoms with Crippen molar-refractivity contribution in [2.75, 3.05) is 10.6 Å². The van der Waals surface area contributed by atoms with E-state index < -0.39 is 28.8 Å². The highest BCUT2D eigenvalue weighted by molar-refractivity contribution is 7.90. The first-order valence-electron chi connectivity index (χ1n) is 12.2. The van der Waals surface area contributed by atoms with Gasteiger partial charge in [0, 0.05) is 36.0 Å². The molecule has 2 fully saturated rings. The maximum Gasteiger partial charge on any atom is 0.388 e. The second-order valence-corrected chi connectivity index (χ2v) is 12.9. The Kier molecular flexibility index (Phi) is 7.59. The zero-order valence-corrected chi connectivity index (χ0v) is 22.7. The summed E-state index contributed by atoms with van der Waals surface area (Å²) in [4.78, 5) is 13.4. The van der Waals surface area contributed by atoms with E-state index in [2.05, 4.69) is 30.5 Å². The standard InChI is InChI=1S/C22H27F3N6O4S3/c1-31-16(9-17(29-31)35-21(24)25)27-22(36)26-12-4-5-15-14(8-12)18(20(37-15)28-19(32)10-2-3-10)38(33,34)30-13-6-11(23)7-13/h9-13,21,30H,2-8H2,1H3,(H,28,32)(H2,26,27,36)/t11?,12-,13?/m0/s1. The largest absolute Gasteiger partial charge is 0.415 e. The number of aryl methyl sites for hydroxylation is 2. The molecule has 4 N–H and O–H groups in total. The minimum absolute atomic E-state index is 0.0413. The predicted octanol–water partition coefficient (Wildman–Crippen LogP) is 3.05. The number of carbonyl (C=O) groups is 1. The van der Waals surface area contributed by atoms with Crippen LogP contribution in [-0.4, -0.2) is 54.1 Å². The maximum absolute atomic E-state index is 13.4. The van der Waals surface area contributed by atoms with Gasteiger partial charge < -0.3 is 20.7 Å². The molecular formula is C22H27F3N6O4S3. The van der Waals surface area contributed by atoms with E-state index in [-0.39, 0.29) is 46.6 Å². The Balaban J connectivity index is 1.32. The normalized spacial score (nSPS) is 22.9. The SMILES string of the molecule is Cn1nc(OC(F)F)cc1NC(=S)N[C@H]1CCc2sc(NC(=O)C3CC3)c(S(=O)(=O)NC3CC(F)C3)c2C1. The minimum Gasteiger partial charge on any atom is -0.415 e. The van der Waals surface area contributed by atoms with Crippen LogP contribution in [0.5, 0.6) is 5.88 Å². The molecular weight excluding hydrogens is 565 g/mol. The Morgan fingerprint density at radius 3 is 2.63 bits per heavy atom. The summed E-state index contributed by atoms with van der Waals surface area (Å²) in [6.45, 7) is -3.01. The summed E-state index contributed by atoms with van der Waals surface area (Å²) in [5, 5.41) is 13.2. The number of thiophene rings is 1. The number of alkyl halides is 3. The van der Waals surface area contributed by atoms with E-state index in [0.29, 0.717) is 35.6 Å². The highest BCUT2D eigenvalue weighted by Crippen LogP contribution is 2.42. The van der Waals surface area contributed by atoms with E-state index in [1.165, 1.54) is 29.1 Å². The van der Waals surface area contributed by atoms with Crippen LogP contribution in [0.2, 0.25) is 0 Å². The van der Waals surface area contributed by atoms with E-state index in [1.54, 1.807) is 0 Å². The topological polar surface area (TPSA) is 126 Å². The molecule has 2 heterocycles. The number of sulfonamides is 1. The number of hydrogen-bond donors (Lipinski definition) is 4. The van der Waals surface area contributed by atoms with Gasteiger partial charge >= 0.3 is 6.61 Å². The van der Waals surface area contributed by atoms with E-state index >= 15 is 0 Å². The highest BCUT2D eigenvalue weighted by Gasteiger charge is 2.39. The monoisotopic (exact) mass is 592 g/mol. The summed E-state index contributed by atoms with van der Waals surface area (Å²) in [5.74, 6) is -0.233. The van der Waals surface area contributed by atoms with Gasteiger partial charge in [0.25, 0.3) is 0 Å². The zero-order chi connectivity index (χ0) is 27.2. The number of anilines is 2. The summed E-state index contributed by atoms with van der Waals surface area (Å²) < 4.78 is 73.4. The Bertz CT molecular complexity index is 1340. The molecule has 1 atom stereocenters. The Morgan fingerprint density at radius 2 is 1.97 bits per heavy atom. The number of halogens is 3. The fraction of sp³-hybridized carbons (Fsp3) is 0.591. The quantitative estimate of drug-likeness (QED) is 0.328. The molecule has 2 aromatic rings. The second kappa shape index (κ2) is 10.6. The van der Waals surface area contributed by atoms with Crippen molar-refractivity contribution in [1.29, 1.82) is 0 Å². The number of aromatic nitrogens is 2. The third kappa shape index (κ3) is 6.07. The van der Waals surface area contributed by atoms with Crippen LogP contribution in [0.4, 0.5) is 24.0 Å². The molecule has 0 aromatic carbocycles. The van der Waals surface area contributed by atoms with Crippen molar-refractivity contribution in [2.24, 2.45) is 13.0 Å². The molecule has 0 saturated heterocycles. The van der Waals surface area contributed by atoms with Gasteiger partial charge in [0.15, 0.2) is 5.11 Å². The van der Waals surface area contributed by atoms with Crippen LogP contribution in [0.1, 0.15) is 42.5 Å². The van der Waals surface area contributed by atoms with E-state index in [0.717, 1.165) is 17.7 Å². The maximum atomic E-state index is 13.4. The number of carbonyl (C=O) groups excluding carboxylic acids is 1. The Hall–Kier alpha value is -2.43. The van der Waals surface area contributed by atoms with Gasteiger partial charge in [0.1, 0.15) is 21.9 Å². The van der Waals surface area contributed by atoms with E-state index in [9.17, 15) is 26.4 Å². The number of rotatable bonds is 9. The number of fused-ring (bicyclic) bond motifs is 1. The van der Waals surface area contributed by atoms with Crippen LogP contribution >= 0.6 is 23.6 Å². The molecule has 38 heavy (non-hydrogen) atoms. The number of thiocarbonyl (C=S) groups is 1. The van der Waals surface area contributed by atoms with Crippen LogP contribution in [0.3, 0.4) is 0 Å². The van der Waals surface area contributed by atoms with Gasteiger partial charge in [-0.05, 0) is 62.7 Å². The first-order valence-corrected chi connectivity index (χ1v) is 14.9. The predicted molar refractivity (Wildman–Crippen MR) is 139 cm³/mol. The van der Waals surface area contributed by atoms with E-state index in [4.69, 9.17) is 12.2 Å². The van der Waals surface area contributed by atoms with Crippen molar-refractivity contribution in [3.05, 3.63) is 16.5 Å². The zero-order valence-electron chi connectivity index (χ0n) is 20.3. The molecule has 2 saturated carbocycles. The molecule has 0 spiro atoms. The molecule has 0 unspecified atom stereocenters. The van der Waals surface area contributed by atoms with Crippen LogP contribution in [-0.2, 0) is 34.7 Å². The van der Waals surface area contributed by atoms with Crippen molar-refractivity contribution in [3.8, 4) is 5.88 Å². The Labute approximate surface area is 226 Å². The number of ether oxygens (including phenoxy) is 1. The average molecular weight is 593 g/mol. The molecule has 3 aliphatic rings. The van der Waals surface area contributed by atoms with Gasteiger partial charge in [-0.15, -0.1) is 16.4 Å². The van der Waals surface area contributed by atoms with Gasteiger partial charge in [0.05, 0.1) is 0 Å². The van der Waals surface area contributed by atoms with Gasteiger partial charge in [0.2, 0.25) is 21.8 Å². The molecule has 3 aliphatic carbocycles. The second-order valence-electron chi connectivity index (χ2n) is 9.72. The van der Waals surface area contributed by atoms with E-state index in [1.807, 2.05) is 0 Å². The van der Waals surface area contributed by atoms with Gasteiger partial charge in [-0.2, -0.15) is 8.78 Å². The van der Waals surface area contributed by atoms with Crippen molar-refractivity contribution >= 4 is 55.4 Å². The lowest BCUT2D eigenvalue weighted by atomic mass is 9.92. The van der Waals surface area contributed by atoms with Crippen molar-refractivity contribution in [2.45, 2.75) is 74.7 Å². The number of nitrogens with one attached hydrogen (secondary N) is 4. The smallest absolute Gasteiger partial charge is 0.388 e. The molecule has 5 rings (SSSR count).